The van der Waals surface area contributed by atoms with Gasteiger partial charge >= 0.3 is 5.97 Å². The summed E-state index contributed by atoms with van der Waals surface area (Å²) >= 11 is 0. The summed E-state index contributed by atoms with van der Waals surface area (Å²) in [5.41, 5.74) is 10.6. The van der Waals surface area contributed by atoms with Crippen molar-refractivity contribution in [2.24, 2.45) is 17.3 Å². The zero-order valence-electron chi connectivity index (χ0n) is 47.2. The van der Waals surface area contributed by atoms with Gasteiger partial charge in [-0.2, -0.15) is 0 Å². The molecule has 8 atom stereocenters. The van der Waals surface area contributed by atoms with Gasteiger partial charge in [-0.25, -0.2) is 15.4 Å². The molecule has 9 heterocycles. The minimum Gasteiger partial charge on any atom is -0.464 e. The summed E-state index contributed by atoms with van der Waals surface area (Å²) in [7, 11) is 1.74. The Morgan fingerprint density at radius 2 is 1.76 bits per heavy atom. The molecule has 1 aromatic carbocycles. The highest BCUT2D eigenvalue weighted by Crippen LogP contribution is 2.53. The number of nitrogens with one attached hydrogen (secondary N) is 2. The summed E-state index contributed by atoms with van der Waals surface area (Å²) < 4.78 is 39.7. The van der Waals surface area contributed by atoms with E-state index in [1.807, 2.05) is 13.1 Å². The summed E-state index contributed by atoms with van der Waals surface area (Å²) in [6.07, 6.45) is 14.0. The van der Waals surface area contributed by atoms with Crippen LogP contribution in [0.3, 0.4) is 0 Å². The summed E-state index contributed by atoms with van der Waals surface area (Å²) in [6, 6.07) is 6.86. The monoisotopic (exact) mass is 1080 g/mol. The minimum atomic E-state index is -1.11. The van der Waals surface area contributed by atoms with Crippen LogP contribution in [0.15, 0.2) is 58.2 Å². The number of anilines is 1. The summed E-state index contributed by atoms with van der Waals surface area (Å²) in [5, 5.41) is 5.76. The Kier molecular flexibility index (Phi) is 15.0. The number of hydrogen-bond donors (Lipinski definition) is 2. The normalized spacial score (nSPS) is 28.2. The topological polar surface area (TPSA) is 195 Å². The van der Waals surface area contributed by atoms with Gasteiger partial charge in [-0.3, -0.25) is 34.2 Å². The number of piperazine rings is 1. The molecule has 0 radical (unpaired) electrons. The number of carbonyl (C=O) groups excluding carboxylic acids is 3. The number of methoxy groups -OCH3 is 1. The van der Waals surface area contributed by atoms with Gasteiger partial charge in [0, 0.05) is 105 Å². The van der Waals surface area contributed by atoms with Crippen LogP contribution in [-0.2, 0) is 46.3 Å². The third-order valence-corrected chi connectivity index (χ3v) is 18.1. The number of benzene rings is 1. The van der Waals surface area contributed by atoms with Crippen molar-refractivity contribution in [2.75, 3.05) is 77.6 Å². The van der Waals surface area contributed by atoms with Crippen LogP contribution in [0.1, 0.15) is 134 Å². The van der Waals surface area contributed by atoms with Crippen molar-refractivity contribution in [1.82, 2.24) is 45.1 Å². The highest BCUT2D eigenvalue weighted by atomic mass is 16.5. The molecule has 6 bridgehead atoms. The Bertz CT molecular complexity index is 3010. The van der Waals surface area contributed by atoms with Gasteiger partial charge in [0.15, 0.2) is 6.39 Å². The maximum Gasteiger partial charge on any atom is 0.324 e. The highest BCUT2D eigenvalue weighted by molar-refractivity contribution is 5.96. The molecule has 2 N–H and O–H groups in total. The van der Waals surface area contributed by atoms with Gasteiger partial charge < -0.3 is 42.6 Å². The van der Waals surface area contributed by atoms with Gasteiger partial charge in [0.05, 0.1) is 60.0 Å². The second-order valence-electron chi connectivity index (χ2n) is 24.9. The van der Waals surface area contributed by atoms with Gasteiger partial charge in [0.25, 0.3) is 5.91 Å². The van der Waals surface area contributed by atoms with Gasteiger partial charge in [-0.15, -0.1) is 0 Å². The molecular formula is C60H80N10O9. The Hall–Kier alpha value is -5.70. The SMILES string of the molecule is CO[C@@H](C)c1ncc(N2CCN(C3CC3)CC2)cc1-c1c2c3cc(ccc3n1CCO[C@@H]1CCOC(C)(C)C1)-c1coc(n1)[C@@H](N1CCCC1)[C@H](NC(=O)[C@@H]1[C@@H](C)[C@H]1c1cocn1)C(=O)N1CCC[C@H](N1)C(=O)OCC(C)(C)C2. The number of hydrazine groups is 1. The molecule has 2 aliphatic carbocycles. The fourth-order valence-electron chi connectivity index (χ4n) is 13.5. The molecule has 424 valence electrons. The van der Waals surface area contributed by atoms with Crippen LogP contribution in [-0.4, -0.2) is 155 Å². The summed E-state index contributed by atoms with van der Waals surface area (Å²) in [4.78, 5) is 66.5. The molecule has 2 amide bonds. The second-order valence-corrected chi connectivity index (χ2v) is 24.9. The molecule has 7 aliphatic rings. The molecular weight excluding hydrogens is 1000 g/mol. The number of cyclic esters (lactones) is 1. The van der Waals surface area contributed by atoms with Crippen molar-refractivity contribution in [3.05, 3.63) is 72.2 Å². The number of nitrogens with zero attached hydrogens (tertiary/aromatic N) is 8. The molecule has 4 saturated heterocycles. The lowest BCUT2D eigenvalue weighted by atomic mass is 9.84. The Morgan fingerprint density at radius 3 is 2.51 bits per heavy atom. The average molecular weight is 1090 g/mol. The number of aromatic nitrogens is 4. The van der Waals surface area contributed by atoms with E-state index in [1.54, 1.807) is 19.6 Å². The molecule has 2 saturated carbocycles. The minimum absolute atomic E-state index is 0.0143. The average Bonchev–Trinajstić information content (AvgIpc) is 4.12. The van der Waals surface area contributed by atoms with Crippen molar-refractivity contribution >= 4 is 34.4 Å². The van der Waals surface area contributed by atoms with Crippen molar-refractivity contribution in [3.63, 3.8) is 0 Å². The van der Waals surface area contributed by atoms with E-state index in [4.69, 9.17) is 37.7 Å². The molecule has 5 aromatic rings. The summed E-state index contributed by atoms with van der Waals surface area (Å²) in [6.45, 7) is 20.0. The van der Waals surface area contributed by atoms with E-state index in [0.717, 1.165) is 96.5 Å². The zero-order valence-corrected chi connectivity index (χ0v) is 47.2. The van der Waals surface area contributed by atoms with E-state index in [-0.39, 0.29) is 48.1 Å². The lowest BCUT2D eigenvalue weighted by Gasteiger charge is -2.38. The number of carbonyl (C=O) groups is 3. The van der Waals surface area contributed by atoms with Crippen LogP contribution in [0.2, 0.25) is 0 Å². The predicted molar refractivity (Wildman–Crippen MR) is 296 cm³/mol. The maximum absolute atomic E-state index is 15.3. The molecule has 5 aliphatic heterocycles. The quantitative estimate of drug-likeness (QED) is 0.109. The molecule has 79 heavy (non-hydrogen) atoms. The molecule has 4 aromatic heterocycles. The number of fused-ring (bicyclic) bond motifs is 6. The van der Waals surface area contributed by atoms with Crippen molar-refractivity contribution in [3.8, 4) is 22.5 Å². The van der Waals surface area contributed by atoms with Gasteiger partial charge in [0.1, 0.15) is 36.3 Å². The van der Waals surface area contributed by atoms with E-state index >= 15 is 4.79 Å². The highest BCUT2D eigenvalue weighted by Gasteiger charge is 2.55. The fraction of sp³-hybridized carbons (Fsp3) is 0.633. The van der Waals surface area contributed by atoms with E-state index in [9.17, 15) is 9.59 Å². The number of esters is 1. The van der Waals surface area contributed by atoms with Crippen LogP contribution in [0.4, 0.5) is 5.69 Å². The second kappa shape index (κ2) is 22.0. The number of amides is 2. The van der Waals surface area contributed by atoms with Crippen LogP contribution < -0.4 is 15.6 Å². The third kappa shape index (κ3) is 11.1. The molecule has 19 heteroatoms. The lowest BCUT2D eigenvalue weighted by molar-refractivity contribution is -0.156. The fourth-order valence-corrected chi connectivity index (χ4v) is 13.5. The van der Waals surface area contributed by atoms with E-state index in [0.29, 0.717) is 82.0 Å². The lowest BCUT2D eigenvalue weighted by Crippen LogP contribution is -2.62. The van der Waals surface area contributed by atoms with Crippen LogP contribution in [0.5, 0.6) is 0 Å². The first-order valence-corrected chi connectivity index (χ1v) is 29.2. The predicted octanol–water partition coefficient (Wildman–Crippen LogP) is 7.60. The van der Waals surface area contributed by atoms with Gasteiger partial charge in [-0.1, -0.05) is 26.8 Å². The number of hydrogen-bond acceptors (Lipinski definition) is 16. The van der Waals surface area contributed by atoms with Gasteiger partial charge in [0.2, 0.25) is 11.8 Å². The number of oxazole rings is 2. The first kappa shape index (κ1) is 53.9. The van der Waals surface area contributed by atoms with E-state index in [1.165, 1.54) is 24.2 Å². The Morgan fingerprint density at radius 1 is 0.949 bits per heavy atom. The van der Waals surface area contributed by atoms with Crippen LogP contribution in [0, 0.1) is 17.3 Å². The molecule has 12 rings (SSSR count). The summed E-state index contributed by atoms with van der Waals surface area (Å²) in [5.74, 6) is -1.31. The largest absolute Gasteiger partial charge is 0.464 e. The first-order valence-electron chi connectivity index (χ1n) is 29.2. The van der Waals surface area contributed by atoms with Crippen molar-refractivity contribution < 1.29 is 42.2 Å². The molecule has 19 nitrogen and oxygen atoms in total. The molecule has 6 fully saturated rings. The van der Waals surface area contributed by atoms with E-state index < -0.39 is 35.4 Å². The van der Waals surface area contributed by atoms with Crippen molar-refractivity contribution in [1.29, 1.82) is 0 Å². The zero-order chi connectivity index (χ0) is 54.7. The first-order chi connectivity index (χ1) is 38.1. The van der Waals surface area contributed by atoms with Crippen molar-refractivity contribution in [2.45, 2.75) is 154 Å². The number of likely N-dealkylation sites (tertiary alicyclic amines) is 1. The number of ether oxygens (including phenoxy) is 4. The molecule has 0 spiro atoms. The number of pyridine rings is 1. The van der Waals surface area contributed by atoms with E-state index in [2.05, 4.69) is 93.9 Å². The molecule has 0 unspecified atom stereocenters. The smallest absolute Gasteiger partial charge is 0.324 e. The standard InChI is InChI=1S/C60H80N10O9/c1-36-49(47-32-75-35-62-47)50(36)55(71)64-52-54(68-17-8-9-18-68)56-63-46(33-77-56)38-12-15-48-42(27-38)44(30-59(3,4)34-78-58(73)45-11-10-19-70(65-45)57(52)72)53(69(48)24-26-76-41-16-25-79-60(5,6)29-41)43-28-40(31-61-51(43)37(2)74-7)67-22-20-66(21-23-67)39-13-14-39/h12,15,27-28,31-33,35-37,39,41,45,49-50,52,54,65H,8-11,13-14,16-26,29-30,34H2,1-7H3,(H,64,71)/t36-,37-,41+,45-,49-,50+,52-,54-/m0/s1. The van der Waals surface area contributed by atoms with Gasteiger partial charge in [-0.05, 0) is 115 Å². The van der Waals surface area contributed by atoms with Crippen LogP contribution in [0.25, 0.3) is 33.4 Å². The third-order valence-electron chi connectivity index (χ3n) is 18.1. The Labute approximate surface area is 463 Å². The van der Waals surface area contributed by atoms with Crippen LogP contribution >= 0.6 is 0 Å². The number of rotatable bonds is 13. The maximum atomic E-state index is 15.3. The Balaban J connectivity index is 0.991.